The first-order valence-corrected chi connectivity index (χ1v) is 10.4. The molecule has 30 heavy (non-hydrogen) atoms. The monoisotopic (exact) mass is 403 g/mol. The van der Waals surface area contributed by atoms with Crippen LogP contribution in [0, 0.1) is 13.8 Å². The fraction of sp³-hybridized carbons (Fsp3) is 0.280. The molecule has 4 N–H and O–H groups in total. The highest BCUT2D eigenvalue weighted by molar-refractivity contribution is 6.10. The molecule has 0 fully saturated rings. The van der Waals surface area contributed by atoms with Gasteiger partial charge in [0.05, 0.1) is 5.56 Å². The number of aryl methyl sites for hydroxylation is 2. The number of hydrogen-bond acceptors (Lipinski definition) is 3. The highest BCUT2D eigenvalue weighted by Gasteiger charge is 2.23. The summed E-state index contributed by atoms with van der Waals surface area (Å²) in [4.78, 5) is 26.2. The van der Waals surface area contributed by atoms with Crippen LogP contribution in [-0.2, 0) is 4.79 Å². The molecule has 5 heteroatoms. The normalized spacial score (nSPS) is 11.8. The number of amides is 2. The first-order valence-electron chi connectivity index (χ1n) is 10.4. The Bertz CT molecular complexity index is 1030. The number of unbranched alkanes of at least 4 members (excludes halogenated alkanes) is 1. The van der Waals surface area contributed by atoms with Gasteiger partial charge in [0.15, 0.2) is 0 Å². The van der Waals surface area contributed by atoms with E-state index in [9.17, 15) is 9.59 Å². The summed E-state index contributed by atoms with van der Waals surface area (Å²) in [6, 6.07) is 18.7. The summed E-state index contributed by atoms with van der Waals surface area (Å²) in [7, 11) is 0. The van der Waals surface area contributed by atoms with Crippen LogP contribution in [0.3, 0.4) is 0 Å². The maximum atomic E-state index is 13.2. The molecule has 0 aliphatic rings. The lowest BCUT2D eigenvalue weighted by Crippen LogP contribution is -2.44. The number of nitrogens with one attached hydrogen (secondary N) is 2. The minimum atomic E-state index is -0.635. The van der Waals surface area contributed by atoms with E-state index in [-0.39, 0.29) is 11.8 Å². The molecule has 5 nitrogen and oxygen atoms in total. The van der Waals surface area contributed by atoms with Gasteiger partial charge < -0.3 is 16.4 Å². The van der Waals surface area contributed by atoms with Crippen LogP contribution in [0.25, 0.3) is 10.8 Å². The molecule has 0 radical (unpaired) electrons. The highest BCUT2D eigenvalue weighted by Crippen LogP contribution is 2.22. The zero-order valence-corrected chi connectivity index (χ0v) is 17.6. The molecule has 3 aromatic carbocycles. The number of hydrogen-bond donors (Lipinski definition) is 3. The van der Waals surface area contributed by atoms with Crippen molar-refractivity contribution < 1.29 is 9.59 Å². The van der Waals surface area contributed by atoms with Gasteiger partial charge >= 0.3 is 0 Å². The average molecular weight is 404 g/mol. The second-order valence-corrected chi connectivity index (χ2v) is 7.64. The Labute approximate surface area is 177 Å². The first kappa shape index (κ1) is 21.5. The molecule has 1 atom stereocenters. The van der Waals surface area contributed by atoms with Gasteiger partial charge in [-0.05, 0) is 68.1 Å². The van der Waals surface area contributed by atoms with Gasteiger partial charge in [0.2, 0.25) is 5.91 Å². The largest absolute Gasteiger partial charge is 0.340 e. The number of anilines is 1. The van der Waals surface area contributed by atoms with Gasteiger partial charge in [0.25, 0.3) is 5.91 Å². The Balaban J connectivity index is 1.82. The summed E-state index contributed by atoms with van der Waals surface area (Å²) in [5, 5.41) is 7.77. The topological polar surface area (TPSA) is 84.2 Å². The molecule has 0 saturated carbocycles. The van der Waals surface area contributed by atoms with E-state index in [0.29, 0.717) is 24.2 Å². The molecule has 3 aromatic rings. The van der Waals surface area contributed by atoms with E-state index in [0.717, 1.165) is 34.7 Å². The van der Waals surface area contributed by atoms with Crippen molar-refractivity contribution in [2.75, 3.05) is 11.9 Å². The van der Waals surface area contributed by atoms with Gasteiger partial charge in [-0.25, -0.2) is 0 Å². The third kappa shape index (κ3) is 5.24. The predicted molar refractivity (Wildman–Crippen MR) is 123 cm³/mol. The van der Waals surface area contributed by atoms with E-state index in [1.54, 1.807) is 0 Å². The standard InChI is InChI=1S/C25H29N3O2/c1-17-10-14-20(15-11-17)27-24(29)22(9-5-6-16-26)28-25(30)23-18(2)12-13-19-7-3-4-8-21(19)23/h3-4,7-8,10-15,22H,5-6,9,16,26H2,1-2H3,(H,27,29)(H,28,30)/t22-/m0/s1. The Kier molecular flexibility index (Phi) is 7.20. The van der Waals surface area contributed by atoms with E-state index in [4.69, 9.17) is 5.73 Å². The summed E-state index contributed by atoms with van der Waals surface area (Å²) in [6.07, 6.45) is 2.10. The minimum absolute atomic E-state index is 0.220. The van der Waals surface area contributed by atoms with E-state index in [2.05, 4.69) is 10.6 Å². The summed E-state index contributed by atoms with van der Waals surface area (Å²) >= 11 is 0. The number of nitrogens with two attached hydrogens (primary N) is 1. The van der Waals surface area contributed by atoms with Crippen molar-refractivity contribution in [3.05, 3.63) is 77.4 Å². The van der Waals surface area contributed by atoms with Gasteiger partial charge in [-0.1, -0.05) is 54.1 Å². The number of carbonyl (C=O) groups is 2. The predicted octanol–water partition coefficient (Wildman–Crippen LogP) is 4.32. The molecule has 2 amide bonds. The van der Waals surface area contributed by atoms with Crippen LogP contribution in [0.1, 0.15) is 40.7 Å². The zero-order valence-electron chi connectivity index (χ0n) is 17.6. The summed E-state index contributed by atoms with van der Waals surface area (Å²) in [5.74, 6) is -0.455. The second kappa shape index (κ2) is 10.0. The van der Waals surface area contributed by atoms with Gasteiger partial charge in [-0.15, -0.1) is 0 Å². The first-order chi connectivity index (χ1) is 14.5. The Morgan fingerprint density at radius 2 is 1.67 bits per heavy atom. The maximum Gasteiger partial charge on any atom is 0.252 e. The second-order valence-electron chi connectivity index (χ2n) is 7.64. The fourth-order valence-corrected chi connectivity index (χ4v) is 3.54. The lowest BCUT2D eigenvalue weighted by molar-refractivity contribution is -0.118. The van der Waals surface area contributed by atoms with Crippen molar-refractivity contribution in [3.63, 3.8) is 0 Å². The van der Waals surface area contributed by atoms with Crippen molar-refractivity contribution in [1.29, 1.82) is 0 Å². The highest BCUT2D eigenvalue weighted by atomic mass is 16.2. The quantitative estimate of drug-likeness (QED) is 0.490. The van der Waals surface area contributed by atoms with Crippen molar-refractivity contribution in [2.24, 2.45) is 5.73 Å². The van der Waals surface area contributed by atoms with E-state index >= 15 is 0 Å². The SMILES string of the molecule is Cc1ccc(NC(=O)[C@H](CCCCN)NC(=O)c2c(C)ccc3ccccc23)cc1. The molecule has 0 bridgehead atoms. The van der Waals surface area contributed by atoms with Crippen LogP contribution < -0.4 is 16.4 Å². The minimum Gasteiger partial charge on any atom is -0.340 e. The van der Waals surface area contributed by atoms with Gasteiger partial charge in [0.1, 0.15) is 6.04 Å². The maximum absolute atomic E-state index is 13.2. The van der Waals surface area contributed by atoms with Crippen LogP contribution >= 0.6 is 0 Å². The third-order valence-corrected chi connectivity index (χ3v) is 5.25. The third-order valence-electron chi connectivity index (χ3n) is 5.25. The van der Waals surface area contributed by atoms with E-state index in [1.807, 2.05) is 74.5 Å². The number of benzene rings is 3. The van der Waals surface area contributed by atoms with Crippen LogP contribution in [0.5, 0.6) is 0 Å². The Morgan fingerprint density at radius 3 is 2.40 bits per heavy atom. The summed E-state index contributed by atoms with van der Waals surface area (Å²) in [6.45, 7) is 4.47. The molecular formula is C25H29N3O2. The van der Waals surface area contributed by atoms with Crippen LogP contribution in [-0.4, -0.2) is 24.4 Å². The fourth-order valence-electron chi connectivity index (χ4n) is 3.54. The van der Waals surface area contributed by atoms with Crippen molar-refractivity contribution >= 4 is 28.3 Å². The molecule has 0 unspecified atom stereocenters. The number of rotatable bonds is 8. The zero-order chi connectivity index (χ0) is 21.5. The molecular weight excluding hydrogens is 374 g/mol. The van der Waals surface area contributed by atoms with Crippen LogP contribution in [0.2, 0.25) is 0 Å². The molecule has 0 spiro atoms. The van der Waals surface area contributed by atoms with Gasteiger partial charge in [-0.3, -0.25) is 9.59 Å². The van der Waals surface area contributed by atoms with E-state index in [1.165, 1.54) is 0 Å². The molecule has 3 rings (SSSR count). The Morgan fingerprint density at radius 1 is 0.933 bits per heavy atom. The molecule has 0 aromatic heterocycles. The van der Waals surface area contributed by atoms with E-state index < -0.39 is 6.04 Å². The molecule has 0 saturated heterocycles. The average Bonchev–Trinajstić information content (AvgIpc) is 2.74. The lowest BCUT2D eigenvalue weighted by atomic mass is 9.98. The van der Waals surface area contributed by atoms with Crippen LogP contribution in [0.15, 0.2) is 60.7 Å². The van der Waals surface area contributed by atoms with Crippen molar-refractivity contribution in [2.45, 2.75) is 39.2 Å². The van der Waals surface area contributed by atoms with Crippen molar-refractivity contribution in [3.8, 4) is 0 Å². The molecule has 0 aliphatic heterocycles. The molecule has 156 valence electrons. The molecule has 0 heterocycles. The molecule has 0 aliphatic carbocycles. The number of carbonyl (C=O) groups excluding carboxylic acids is 2. The summed E-state index contributed by atoms with van der Waals surface area (Å²) < 4.78 is 0. The number of fused-ring (bicyclic) bond motifs is 1. The summed E-state index contributed by atoms with van der Waals surface area (Å²) in [5.41, 5.74) is 8.94. The lowest BCUT2D eigenvalue weighted by Gasteiger charge is -2.20. The Hall–Kier alpha value is -3.18. The smallest absolute Gasteiger partial charge is 0.252 e. The van der Waals surface area contributed by atoms with Crippen LogP contribution in [0.4, 0.5) is 5.69 Å². The van der Waals surface area contributed by atoms with Gasteiger partial charge in [0, 0.05) is 5.69 Å². The van der Waals surface area contributed by atoms with Gasteiger partial charge in [-0.2, -0.15) is 0 Å². The van der Waals surface area contributed by atoms with Crippen molar-refractivity contribution in [1.82, 2.24) is 5.32 Å².